The van der Waals surface area contributed by atoms with E-state index in [1.165, 1.54) is 32.7 Å². The van der Waals surface area contributed by atoms with Crippen molar-refractivity contribution >= 4 is 0 Å². The molecule has 1 aromatic heterocycles. The highest BCUT2D eigenvalue weighted by Crippen LogP contribution is 2.14. The maximum atomic E-state index is 4.01. The maximum absolute atomic E-state index is 4.01. The van der Waals surface area contributed by atoms with Gasteiger partial charge in [0.25, 0.3) is 0 Å². The van der Waals surface area contributed by atoms with Crippen LogP contribution in [0, 0.1) is 0 Å². The molecule has 1 unspecified atom stereocenters. The largest absolute Gasteiger partial charge is 0.347 e. The van der Waals surface area contributed by atoms with E-state index in [4.69, 9.17) is 0 Å². The molecular formula is C11H19N5. The van der Waals surface area contributed by atoms with Gasteiger partial charge in [-0.05, 0) is 0 Å². The Kier molecular flexibility index (Phi) is 2.90. The molecule has 16 heavy (non-hydrogen) atoms. The number of aromatic amines is 1. The van der Waals surface area contributed by atoms with E-state index < -0.39 is 0 Å². The topological polar surface area (TPSA) is 47.2 Å². The second-order valence-electron chi connectivity index (χ2n) is 4.70. The Bertz CT molecular complexity index is 315. The maximum Gasteiger partial charge on any atom is 0.0922 e. The summed E-state index contributed by atoms with van der Waals surface area (Å²) in [5, 5.41) is 3.50. The first kappa shape index (κ1) is 10.3. The minimum atomic E-state index is 0.699. The number of H-pyrrole nitrogens is 1. The molecule has 5 heteroatoms. The average molecular weight is 221 g/mol. The van der Waals surface area contributed by atoms with Gasteiger partial charge in [-0.1, -0.05) is 0 Å². The number of piperazine rings is 3. The molecule has 0 spiro atoms. The summed E-state index contributed by atoms with van der Waals surface area (Å²) in [5.74, 6) is 0. The van der Waals surface area contributed by atoms with Gasteiger partial charge in [0.15, 0.2) is 0 Å². The monoisotopic (exact) mass is 221 g/mol. The van der Waals surface area contributed by atoms with E-state index in [-0.39, 0.29) is 0 Å². The van der Waals surface area contributed by atoms with Crippen LogP contribution in [0.25, 0.3) is 0 Å². The van der Waals surface area contributed by atoms with Crippen LogP contribution in [0.15, 0.2) is 12.5 Å². The number of aromatic nitrogens is 2. The third-order valence-corrected chi connectivity index (χ3v) is 3.64. The van der Waals surface area contributed by atoms with E-state index in [1.54, 1.807) is 6.33 Å². The van der Waals surface area contributed by atoms with Crippen LogP contribution in [0.1, 0.15) is 5.69 Å². The number of fused-ring (bicyclic) bond motifs is 3. The summed E-state index contributed by atoms with van der Waals surface area (Å²) in [4.78, 5) is 12.3. The third-order valence-electron chi connectivity index (χ3n) is 3.64. The summed E-state index contributed by atoms with van der Waals surface area (Å²) in [6.45, 7) is 8.22. The number of hydrogen-bond donors (Lipinski definition) is 2. The third kappa shape index (κ3) is 2.11. The lowest BCUT2D eigenvalue weighted by Gasteiger charge is -2.47. The summed E-state index contributed by atoms with van der Waals surface area (Å²) >= 11 is 0. The molecule has 0 amide bonds. The number of rotatable bonds is 4. The minimum absolute atomic E-state index is 0.699. The van der Waals surface area contributed by atoms with Crippen LogP contribution in [0.4, 0.5) is 0 Å². The van der Waals surface area contributed by atoms with E-state index in [1.807, 2.05) is 6.20 Å². The molecule has 0 aromatic carbocycles. The van der Waals surface area contributed by atoms with E-state index in [2.05, 4.69) is 25.1 Å². The van der Waals surface area contributed by atoms with Crippen molar-refractivity contribution in [2.45, 2.75) is 12.6 Å². The van der Waals surface area contributed by atoms with Crippen molar-refractivity contribution in [3.05, 3.63) is 18.2 Å². The van der Waals surface area contributed by atoms with E-state index in [9.17, 15) is 0 Å². The molecule has 2 bridgehead atoms. The number of imidazole rings is 1. The zero-order chi connectivity index (χ0) is 10.8. The first-order chi connectivity index (χ1) is 7.92. The summed E-state index contributed by atoms with van der Waals surface area (Å²) in [6.07, 6.45) is 3.61. The molecule has 1 aromatic rings. The molecule has 1 atom stereocenters. The molecule has 0 aliphatic carbocycles. The Labute approximate surface area is 95.8 Å². The van der Waals surface area contributed by atoms with Crippen molar-refractivity contribution in [3.63, 3.8) is 0 Å². The zero-order valence-electron chi connectivity index (χ0n) is 9.52. The second-order valence-corrected chi connectivity index (χ2v) is 4.70. The zero-order valence-corrected chi connectivity index (χ0v) is 9.52. The van der Waals surface area contributed by atoms with Crippen LogP contribution in [-0.2, 0) is 6.54 Å². The van der Waals surface area contributed by atoms with Gasteiger partial charge in [-0.2, -0.15) is 0 Å². The molecule has 4 rings (SSSR count). The van der Waals surface area contributed by atoms with Gasteiger partial charge in [0.2, 0.25) is 0 Å². The molecule has 0 saturated carbocycles. The Balaban J connectivity index is 1.45. The minimum Gasteiger partial charge on any atom is -0.347 e. The highest BCUT2D eigenvalue weighted by Gasteiger charge is 2.31. The van der Waals surface area contributed by atoms with Crippen LogP contribution in [0.5, 0.6) is 0 Å². The van der Waals surface area contributed by atoms with Crippen LogP contribution in [0.2, 0.25) is 0 Å². The molecule has 3 saturated heterocycles. The van der Waals surface area contributed by atoms with Gasteiger partial charge in [0.1, 0.15) is 0 Å². The standard InChI is InChI=1S/C11H19N5/c1-3-16-4-2-15(1)8-11(16)7-12-5-10-6-13-9-14-10/h6,9,11-12H,1-5,7-8H2,(H,13,14). The van der Waals surface area contributed by atoms with Crippen molar-refractivity contribution in [1.82, 2.24) is 25.1 Å². The van der Waals surface area contributed by atoms with Crippen molar-refractivity contribution in [2.75, 3.05) is 39.3 Å². The van der Waals surface area contributed by atoms with Crippen LogP contribution in [0.3, 0.4) is 0 Å². The Morgan fingerprint density at radius 1 is 1.38 bits per heavy atom. The first-order valence-electron chi connectivity index (χ1n) is 6.06. The predicted molar refractivity (Wildman–Crippen MR) is 62.1 cm³/mol. The number of hydrogen-bond acceptors (Lipinski definition) is 4. The summed E-state index contributed by atoms with van der Waals surface area (Å²) in [6, 6.07) is 0.699. The first-order valence-corrected chi connectivity index (χ1v) is 6.06. The number of nitrogens with one attached hydrogen (secondary N) is 2. The fourth-order valence-electron chi connectivity index (χ4n) is 2.67. The van der Waals surface area contributed by atoms with Crippen LogP contribution in [-0.4, -0.2) is 65.1 Å². The summed E-state index contributed by atoms with van der Waals surface area (Å²) in [7, 11) is 0. The smallest absolute Gasteiger partial charge is 0.0922 e. The van der Waals surface area contributed by atoms with Gasteiger partial charge in [-0.15, -0.1) is 0 Å². The Morgan fingerprint density at radius 2 is 2.25 bits per heavy atom. The lowest BCUT2D eigenvalue weighted by Crippen LogP contribution is -2.63. The van der Waals surface area contributed by atoms with E-state index in [0.29, 0.717) is 6.04 Å². The molecule has 0 radical (unpaired) electrons. The van der Waals surface area contributed by atoms with Gasteiger partial charge in [0.05, 0.1) is 6.33 Å². The van der Waals surface area contributed by atoms with Crippen molar-refractivity contribution in [2.24, 2.45) is 0 Å². The average Bonchev–Trinajstić information content (AvgIpc) is 2.84. The van der Waals surface area contributed by atoms with Crippen molar-refractivity contribution in [3.8, 4) is 0 Å². The predicted octanol–water partition coefficient (Wildman–Crippen LogP) is -0.501. The Hall–Kier alpha value is -0.910. The van der Waals surface area contributed by atoms with Gasteiger partial charge < -0.3 is 10.3 Å². The highest BCUT2D eigenvalue weighted by molar-refractivity contribution is 4.94. The second kappa shape index (κ2) is 4.53. The molecule has 3 fully saturated rings. The fourth-order valence-corrected chi connectivity index (χ4v) is 2.67. The molecule has 4 heterocycles. The van der Waals surface area contributed by atoms with Crippen molar-refractivity contribution < 1.29 is 0 Å². The molecule has 88 valence electrons. The molecule has 5 nitrogen and oxygen atoms in total. The van der Waals surface area contributed by atoms with Crippen molar-refractivity contribution in [1.29, 1.82) is 0 Å². The molecule has 3 aliphatic heterocycles. The van der Waals surface area contributed by atoms with Gasteiger partial charge in [0, 0.05) is 63.7 Å². The lowest BCUT2D eigenvalue weighted by atomic mass is 10.1. The highest BCUT2D eigenvalue weighted by atomic mass is 15.3. The van der Waals surface area contributed by atoms with Crippen LogP contribution < -0.4 is 5.32 Å². The fraction of sp³-hybridized carbons (Fsp3) is 0.727. The summed E-state index contributed by atoms with van der Waals surface area (Å²) < 4.78 is 0. The lowest BCUT2D eigenvalue weighted by molar-refractivity contribution is 0.0136. The molecule has 2 N–H and O–H groups in total. The van der Waals surface area contributed by atoms with E-state index in [0.717, 1.165) is 18.8 Å². The SMILES string of the molecule is c1ncc(CNCC2CN3CCN2CC3)[nH]1. The Morgan fingerprint density at radius 3 is 2.88 bits per heavy atom. The number of nitrogens with zero attached hydrogens (tertiary/aromatic N) is 3. The quantitative estimate of drug-likeness (QED) is 0.719. The normalized spacial score (nSPS) is 33.1. The van der Waals surface area contributed by atoms with E-state index >= 15 is 0 Å². The van der Waals surface area contributed by atoms with Crippen LogP contribution >= 0.6 is 0 Å². The molecule has 3 aliphatic rings. The van der Waals surface area contributed by atoms with Gasteiger partial charge in [-0.25, -0.2) is 4.98 Å². The molecular weight excluding hydrogens is 202 g/mol. The van der Waals surface area contributed by atoms with Gasteiger partial charge in [-0.3, -0.25) is 9.80 Å². The van der Waals surface area contributed by atoms with Gasteiger partial charge >= 0.3 is 0 Å². The summed E-state index contributed by atoms with van der Waals surface area (Å²) in [5.41, 5.74) is 1.16.